The Morgan fingerprint density at radius 3 is 3.00 bits per heavy atom. The molecule has 1 unspecified atom stereocenters. The molecule has 3 rings (SSSR count). The van der Waals surface area contributed by atoms with Gasteiger partial charge in [-0.2, -0.15) is 0 Å². The maximum absolute atomic E-state index is 12.2. The molecular formula is C16H16N2O2S. The number of rotatable bonds is 4. The summed E-state index contributed by atoms with van der Waals surface area (Å²) < 4.78 is 5.56. The van der Waals surface area contributed by atoms with E-state index in [0.717, 1.165) is 11.8 Å². The van der Waals surface area contributed by atoms with Crippen LogP contribution in [0, 0.1) is 0 Å². The van der Waals surface area contributed by atoms with Crippen LogP contribution in [0.25, 0.3) is 11.0 Å². The predicted octanol–water partition coefficient (Wildman–Crippen LogP) is 3.44. The molecule has 1 amide bonds. The third kappa shape index (κ3) is 3.08. The van der Waals surface area contributed by atoms with Crippen LogP contribution in [0.1, 0.15) is 22.4 Å². The summed E-state index contributed by atoms with van der Waals surface area (Å²) in [4.78, 5) is 13.5. The lowest BCUT2D eigenvalue weighted by Gasteiger charge is -2.11. The number of hydrogen-bond acceptors (Lipinski definition) is 4. The fourth-order valence-electron chi connectivity index (χ4n) is 2.25. The normalized spacial score (nSPS) is 12.4. The molecule has 3 aromatic rings. The number of benzene rings is 1. The molecule has 0 aliphatic rings. The average Bonchev–Trinajstić information content (AvgIpc) is 3.06. The van der Waals surface area contributed by atoms with E-state index in [1.54, 1.807) is 35.6 Å². The molecule has 0 saturated heterocycles. The van der Waals surface area contributed by atoms with Gasteiger partial charge in [0.05, 0.1) is 0 Å². The van der Waals surface area contributed by atoms with Crippen molar-refractivity contribution in [3.05, 3.63) is 52.4 Å². The number of fused-ring (bicyclic) bond motifs is 1. The van der Waals surface area contributed by atoms with E-state index in [1.807, 2.05) is 18.4 Å². The highest BCUT2D eigenvalue weighted by Gasteiger charge is 2.15. The molecule has 3 N–H and O–H groups in total. The lowest BCUT2D eigenvalue weighted by Crippen LogP contribution is -2.33. The molecule has 0 aliphatic heterocycles. The highest BCUT2D eigenvalue weighted by atomic mass is 32.1. The smallest absolute Gasteiger partial charge is 0.287 e. The molecule has 108 valence electrons. The fraction of sp³-hybridized carbons (Fsp3) is 0.188. The third-order valence-corrected chi connectivity index (χ3v) is 4.13. The Morgan fingerprint density at radius 2 is 2.24 bits per heavy atom. The summed E-state index contributed by atoms with van der Waals surface area (Å²) >= 11 is 1.69. The van der Waals surface area contributed by atoms with Crippen LogP contribution in [0.5, 0.6) is 0 Å². The molecular weight excluding hydrogens is 284 g/mol. The van der Waals surface area contributed by atoms with E-state index in [-0.39, 0.29) is 11.9 Å². The number of amides is 1. The minimum Gasteiger partial charge on any atom is -0.451 e. The summed E-state index contributed by atoms with van der Waals surface area (Å²) in [5, 5.41) is 5.83. The van der Waals surface area contributed by atoms with Crippen molar-refractivity contribution in [2.45, 2.75) is 19.4 Å². The highest BCUT2D eigenvalue weighted by molar-refractivity contribution is 7.09. The Bertz CT molecular complexity index is 762. The summed E-state index contributed by atoms with van der Waals surface area (Å²) in [6.07, 6.45) is 0.816. The van der Waals surface area contributed by atoms with Crippen LogP contribution in [0.3, 0.4) is 0 Å². The second-order valence-electron chi connectivity index (χ2n) is 5.07. The van der Waals surface area contributed by atoms with Gasteiger partial charge in [0.25, 0.3) is 5.91 Å². The molecule has 0 fully saturated rings. The lowest BCUT2D eigenvalue weighted by atomic mass is 10.2. The number of hydrogen-bond donors (Lipinski definition) is 2. The molecule has 0 radical (unpaired) electrons. The summed E-state index contributed by atoms with van der Waals surface area (Å²) in [6.45, 7) is 1.98. The van der Waals surface area contributed by atoms with Gasteiger partial charge in [0.1, 0.15) is 5.58 Å². The maximum atomic E-state index is 12.2. The van der Waals surface area contributed by atoms with Gasteiger partial charge < -0.3 is 15.5 Å². The predicted molar refractivity (Wildman–Crippen MR) is 85.6 cm³/mol. The summed E-state index contributed by atoms with van der Waals surface area (Å²) in [5.41, 5.74) is 7.05. The van der Waals surface area contributed by atoms with E-state index in [1.165, 1.54) is 4.88 Å². The van der Waals surface area contributed by atoms with Gasteiger partial charge in [-0.05, 0) is 42.6 Å². The quantitative estimate of drug-likeness (QED) is 0.725. The SMILES string of the molecule is CC(Cc1cccs1)NC(=O)c1cc2cc(N)ccc2o1. The molecule has 0 aliphatic carbocycles. The van der Waals surface area contributed by atoms with Gasteiger partial charge in [-0.1, -0.05) is 6.07 Å². The first-order valence-electron chi connectivity index (χ1n) is 6.74. The van der Waals surface area contributed by atoms with Crippen molar-refractivity contribution in [2.75, 3.05) is 5.73 Å². The Balaban J connectivity index is 1.71. The zero-order valence-corrected chi connectivity index (χ0v) is 12.4. The van der Waals surface area contributed by atoms with Gasteiger partial charge in [-0.3, -0.25) is 4.79 Å². The lowest BCUT2D eigenvalue weighted by molar-refractivity contribution is 0.0914. The van der Waals surface area contributed by atoms with E-state index in [0.29, 0.717) is 17.0 Å². The second kappa shape index (κ2) is 5.61. The van der Waals surface area contributed by atoms with Crippen LogP contribution in [-0.4, -0.2) is 11.9 Å². The van der Waals surface area contributed by atoms with Crippen LogP contribution < -0.4 is 11.1 Å². The Kier molecular flexibility index (Phi) is 3.66. The molecule has 2 heterocycles. The monoisotopic (exact) mass is 300 g/mol. The number of nitrogen functional groups attached to an aromatic ring is 1. The van der Waals surface area contributed by atoms with Crippen molar-refractivity contribution in [1.82, 2.24) is 5.32 Å². The van der Waals surface area contributed by atoms with Gasteiger partial charge >= 0.3 is 0 Å². The van der Waals surface area contributed by atoms with E-state index in [9.17, 15) is 4.79 Å². The number of nitrogens with one attached hydrogen (secondary N) is 1. The first-order chi connectivity index (χ1) is 10.1. The number of nitrogens with two attached hydrogens (primary N) is 1. The largest absolute Gasteiger partial charge is 0.451 e. The van der Waals surface area contributed by atoms with E-state index in [2.05, 4.69) is 11.4 Å². The molecule has 0 spiro atoms. The molecule has 2 aromatic heterocycles. The van der Waals surface area contributed by atoms with Crippen molar-refractivity contribution < 1.29 is 9.21 Å². The van der Waals surface area contributed by atoms with E-state index >= 15 is 0 Å². The van der Waals surface area contributed by atoms with Crippen LogP contribution in [0.4, 0.5) is 5.69 Å². The maximum Gasteiger partial charge on any atom is 0.287 e. The Hall–Kier alpha value is -2.27. The third-order valence-electron chi connectivity index (χ3n) is 3.23. The molecule has 1 aromatic carbocycles. The highest BCUT2D eigenvalue weighted by Crippen LogP contribution is 2.22. The topological polar surface area (TPSA) is 68.3 Å². The molecule has 5 heteroatoms. The van der Waals surface area contributed by atoms with Crippen molar-refractivity contribution >= 4 is 33.9 Å². The van der Waals surface area contributed by atoms with Gasteiger partial charge in [0.15, 0.2) is 5.76 Å². The van der Waals surface area contributed by atoms with Crippen molar-refractivity contribution in [2.24, 2.45) is 0 Å². The summed E-state index contributed by atoms with van der Waals surface area (Å²) in [7, 11) is 0. The van der Waals surface area contributed by atoms with Crippen molar-refractivity contribution in [3.63, 3.8) is 0 Å². The van der Waals surface area contributed by atoms with Gasteiger partial charge in [-0.15, -0.1) is 11.3 Å². The fourth-order valence-corrected chi connectivity index (χ4v) is 3.09. The van der Waals surface area contributed by atoms with Crippen molar-refractivity contribution in [3.8, 4) is 0 Å². The molecule has 0 bridgehead atoms. The molecule has 4 nitrogen and oxygen atoms in total. The minimum atomic E-state index is -0.200. The number of thiophene rings is 1. The Morgan fingerprint density at radius 1 is 1.38 bits per heavy atom. The number of carbonyl (C=O) groups excluding carboxylic acids is 1. The van der Waals surface area contributed by atoms with Crippen LogP contribution in [0.15, 0.2) is 46.2 Å². The van der Waals surface area contributed by atoms with E-state index in [4.69, 9.17) is 10.2 Å². The first kappa shape index (κ1) is 13.7. The van der Waals surface area contributed by atoms with Crippen LogP contribution in [0.2, 0.25) is 0 Å². The minimum absolute atomic E-state index is 0.0504. The van der Waals surface area contributed by atoms with Crippen molar-refractivity contribution in [1.29, 1.82) is 0 Å². The average molecular weight is 300 g/mol. The summed E-state index contributed by atoms with van der Waals surface area (Å²) in [6, 6.07) is 11.2. The number of carbonyl (C=O) groups is 1. The number of anilines is 1. The number of furan rings is 1. The first-order valence-corrected chi connectivity index (χ1v) is 7.62. The van der Waals surface area contributed by atoms with Gasteiger partial charge in [0, 0.05) is 28.4 Å². The zero-order valence-electron chi connectivity index (χ0n) is 11.6. The standard InChI is InChI=1S/C16H16N2O2S/c1-10(7-13-3-2-6-21-13)18-16(19)15-9-11-8-12(17)4-5-14(11)20-15/h2-6,8-10H,7,17H2,1H3,(H,18,19). The molecule has 1 atom stereocenters. The Labute approximate surface area is 126 Å². The van der Waals surface area contributed by atoms with E-state index < -0.39 is 0 Å². The molecule has 0 saturated carbocycles. The second-order valence-corrected chi connectivity index (χ2v) is 6.10. The zero-order chi connectivity index (χ0) is 14.8. The van der Waals surface area contributed by atoms with Gasteiger partial charge in [-0.25, -0.2) is 0 Å². The van der Waals surface area contributed by atoms with Crippen LogP contribution in [-0.2, 0) is 6.42 Å². The van der Waals surface area contributed by atoms with Crippen LogP contribution >= 0.6 is 11.3 Å². The molecule has 21 heavy (non-hydrogen) atoms. The van der Waals surface area contributed by atoms with Gasteiger partial charge in [0.2, 0.25) is 0 Å². The summed E-state index contributed by atoms with van der Waals surface area (Å²) in [5.74, 6) is 0.113.